The molecule has 0 atom stereocenters. The van der Waals surface area contributed by atoms with Crippen molar-refractivity contribution < 1.29 is 9.13 Å². The minimum absolute atomic E-state index is 0.185. The highest BCUT2D eigenvalue weighted by Crippen LogP contribution is 2.25. The minimum Gasteiger partial charge on any atom is -0.494 e. The van der Waals surface area contributed by atoms with Crippen LogP contribution in [0.25, 0.3) is 11.4 Å². The highest BCUT2D eigenvalue weighted by Gasteiger charge is 2.09. The summed E-state index contributed by atoms with van der Waals surface area (Å²) in [4.78, 5) is 8.69. The highest BCUT2D eigenvalue weighted by molar-refractivity contribution is 14.1. The number of benzene rings is 1. The Morgan fingerprint density at radius 3 is 2.89 bits per heavy atom. The second kappa shape index (κ2) is 6.14. The molecule has 0 bridgehead atoms. The molecule has 0 aliphatic carbocycles. The Morgan fingerprint density at radius 1 is 1.42 bits per heavy atom. The van der Waals surface area contributed by atoms with Gasteiger partial charge in [-0.3, -0.25) is 0 Å². The number of hydrogen-bond acceptors (Lipinski definition) is 4. The number of hydrogen-bond donors (Lipinski definition) is 1. The summed E-state index contributed by atoms with van der Waals surface area (Å²) in [5.74, 6) is 1.10. The third-order valence-electron chi connectivity index (χ3n) is 2.50. The van der Waals surface area contributed by atoms with Crippen molar-refractivity contribution in [3.05, 3.63) is 33.8 Å². The molecule has 1 aromatic heterocycles. The molecule has 100 valence electrons. The lowest BCUT2D eigenvalue weighted by atomic mass is 10.2. The average molecular weight is 373 g/mol. The molecule has 0 saturated carbocycles. The normalized spacial score (nSPS) is 10.3. The Morgan fingerprint density at radius 2 is 2.21 bits per heavy atom. The maximum Gasteiger partial charge on any atom is 0.165 e. The quantitative estimate of drug-likeness (QED) is 0.836. The average Bonchev–Trinajstić information content (AvgIpc) is 2.42. The van der Waals surface area contributed by atoms with Crippen LogP contribution in [0.5, 0.6) is 5.75 Å². The van der Waals surface area contributed by atoms with Crippen molar-refractivity contribution in [3.63, 3.8) is 0 Å². The van der Waals surface area contributed by atoms with Crippen LogP contribution in [0.3, 0.4) is 0 Å². The van der Waals surface area contributed by atoms with Crippen molar-refractivity contribution in [1.82, 2.24) is 9.97 Å². The molecule has 0 fully saturated rings. The van der Waals surface area contributed by atoms with Crippen LogP contribution in [0, 0.1) is 9.39 Å². The number of ether oxygens (including phenoxy) is 1. The highest BCUT2D eigenvalue weighted by atomic mass is 127. The van der Waals surface area contributed by atoms with E-state index in [0.29, 0.717) is 11.4 Å². The van der Waals surface area contributed by atoms with Crippen LogP contribution in [0.1, 0.15) is 6.92 Å². The summed E-state index contributed by atoms with van der Waals surface area (Å²) in [7, 11) is 1.43. The fourth-order valence-corrected chi connectivity index (χ4v) is 2.05. The predicted molar refractivity (Wildman–Crippen MR) is 80.9 cm³/mol. The molecule has 0 amide bonds. The van der Waals surface area contributed by atoms with Gasteiger partial charge in [0, 0.05) is 18.3 Å². The molecule has 0 saturated heterocycles. The monoisotopic (exact) mass is 373 g/mol. The largest absolute Gasteiger partial charge is 0.494 e. The summed E-state index contributed by atoms with van der Waals surface area (Å²) in [5.41, 5.74) is 0.716. The van der Waals surface area contributed by atoms with E-state index in [1.807, 2.05) is 6.92 Å². The van der Waals surface area contributed by atoms with E-state index in [1.165, 1.54) is 13.2 Å². The third-order valence-corrected chi connectivity index (χ3v) is 3.29. The van der Waals surface area contributed by atoms with Crippen molar-refractivity contribution >= 4 is 28.4 Å². The zero-order valence-electron chi connectivity index (χ0n) is 10.6. The zero-order chi connectivity index (χ0) is 13.8. The van der Waals surface area contributed by atoms with Crippen LogP contribution in [-0.2, 0) is 0 Å². The van der Waals surface area contributed by atoms with Crippen molar-refractivity contribution in [2.75, 3.05) is 19.0 Å². The van der Waals surface area contributed by atoms with Crippen molar-refractivity contribution in [1.29, 1.82) is 0 Å². The van der Waals surface area contributed by atoms with Gasteiger partial charge in [-0.15, -0.1) is 0 Å². The van der Waals surface area contributed by atoms with E-state index in [1.54, 1.807) is 18.3 Å². The molecule has 19 heavy (non-hydrogen) atoms. The molecule has 2 rings (SSSR count). The number of aromatic nitrogens is 2. The van der Waals surface area contributed by atoms with Gasteiger partial charge in [-0.25, -0.2) is 14.4 Å². The summed E-state index contributed by atoms with van der Waals surface area (Å²) < 4.78 is 19.3. The summed E-state index contributed by atoms with van der Waals surface area (Å²) in [6, 6.07) is 4.57. The lowest BCUT2D eigenvalue weighted by Gasteiger charge is -2.08. The lowest BCUT2D eigenvalue weighted by molar-refractivity contribution is 0.387. The van der Waals surface area contributed by atoms with Gasteiger partial charge in [0.05, 0.1) is 10.7 Å². The molecule has 2 aromatic rings. The molecule has 1 aromatic carbocycles. The molecule has 0 aliphatic heterocycles. The summed E-state index contributed by atoms with van der Waals surface area (Å²) in [5, 5.41) is 3.16. The minimum atomic E-state index is -0.399. The predicted octanol–water partition coefficient (Wildman–Crippen LogP) is 3.33. The van der Waals surface area contributed by atoms with E-state index >= 15 is 0 Å². The van der Waals surface area contributed by atoms with Gasteiger partial charge in [-0.05, 0) is 47.7 Å². The van der Waals surface area contributed by atoms with Crippen molar-refractivity contribution in [2.24, 2.45) is 0 Å². The summed E-state index contributed by atoms with van der Waals surface area (Å²) in [6.07, 6.45) is 1.73. The first-order valence-electron chi connectivity index (χ1n) is 5.76. The summed E-state index contributed by atoms with van der Waals surface area (Å²) in [6.45, 7) is 2.78. The second-order valence-electron chi connectivity index (χ2n) is 3.77. The van der Waals surface area contributed by atoms with Crippen LogP contribution < -0.4 is 10.1 Å². The van der Waals surface area contributed by atoms with Crippen molar-refractivity contribution in [2.45, 2.75) is 6.92 Å². The van der Waals surface area contributed by atoms with E-state index in [0.717, 1.165) is 15.9 Å². The van der Waals surface area contributed by atoms with E-state index < -0.39 is 5.82 Å². The fraction of sp³-hybridized carbons (Fsp3) is 0.231. The number of anilines is 1. The molecule has 6 heteroatoms. The molecule has 0 radical (unpaired) electrons. The van der Waals surface area contributed by atoms with Crippen LogP contribution in [-0.4, -0.2) is 23.6 Å². The first-order valence-corrected chi connectivity index (χ1v) is 6.84. The Balaban J connectivity index is 2.44. The van der Waals surface area contributed by atoms with E-state index in [9.17, 15) is 4.39 Å². The van der Waals surface area contributed by atoms with Gasteiger partial charge < -0.3 is 10.1 Å². The topological polar surface area (TPSA) is 47.0 Å². The fourth-order valence-electron chi connectivity index (χ4n) is 1.60. The molecular formula is C13H13FIN3O. The Bertz CT molecular complexity index is 592. The SMILES string of the molecule is CCNc1nc(-c2ccc(F)c(OC)c2)ncc1I. The Kier molecular flexibility index (Phi) is 4.52. The second-order valence-corrected chi connectivity index (χ2v) is 4.93. The van der Waals surface area contributed by atoms with Gasteiger partial charge >= 0.3 is 0 Å². The smallest absolute Gasteiger partial charge is 0.165 e. The molecule has 0 unspecified atom stereocenters. The van der Waals surface area contributed by atoms with E-state index in [4.69, 9.17) is 4.74 Å². The maximum absolute atomic E-state index is 13.4. The Labute approximate surface area is 124 Å². The van der Waals surface area contributed by atoms with Gasteiger partial charge in [0.15, 0.2) is 17.4 Å². The van der Waals surface area contributed by atoms with Crippen LogP contribution >= 0.6 is 22.6 Å². The van der Waals surface area contributed by atoms with Crippen LogP contribution in [0.15, 0.2) is 24.4 Å². The zero-order valence-corrected chi connectivity index (χ0v) is 12.7. The number of nitrogens with zero attached hydrogens (tertiary/aromatic N) is 2. The number of methoxy groups -OCH3 is 1. The molecule has 0 aliphatic rings. The molecular weight excluding hydrogens is 360 g/mol. The van der Waals surface area contributed by atoms with E-state index in [-0.39, 0.29) is 5.75 Å². The van der Waals surface area contributed by atoms with Crippen molar-refractivity contribution in [3.8, 4) is 17.1 Å². The first kappa shape index (κ1) is 14.0. The summed E-state index contributed by atoms with van der Waals surface area (Å²) >= 11 is 2.17. The number of halogens is 2. The third kappa shape index (κ3) is 3.12. The van der Waals surface area contributed by atoms with Gasteiger partial charge in [0.25, 0.3) is 0 Å². The molecule has 1 heterocycles. The van der Waals surface area contributed by atoms with Crippen LogP contribution in [0.2, 0.25) is 0 Å². The number of rotatable bonds is 4. The molecule has 0 spiro atoms. The maximum atomic E-state index is 13.4. The van der Waals surface area contributed by atoms with E-state index in [2.05, 4.69) is 37.9 Å². The molecule has 1 N–H and O–H groups in total. The number of nitrogens with one attached hydrogen (secondary N) is 1. The van der Waals surface area contributed by atoms with Gasteiger partial charge in [0.1, 0.15) is 5.82 Å². The van der Waals surface area contributed by atoms with Gasteiger partial charge in [0.2, 0.25) is 0 Å². The molecule has 4 nitrogen and oxygen atoms in total. The van der Waals surface area contributed by atoms with Crippen LogP contribution in [0.4, 0.5) is 10.2 Å². The lowest BCUT2D eigenvalue weighted by Crippen LogP contribution is -2.03. The first-order chi connectivity index (χ1) is 9.15. The standard InChI is InChI=1S/C13H13FIN3O/c1-3-16-13-10(15)7-17-12(18-13)8-4-5-9(14)11(6-8)19-2/h4-7H,3H2,1-2H3,(H,16,17,18). The Hall–Kier alpha value is -1.44. The van der Waals surface area contributed by atoms with Gasteiger partial charge in [-0.2, -0.15) is 0 Å². The van der Waals surface area contributed by atoms with Gasteiger partial charge in [-0.1, -0.05) is 0 Å².